The lowest BCUT2D eigenvalue weighted by Crippen LogP contribution is -2.33. The Morgan fingerprint density at radius 3 is 2.64 bits per heavy atom. The summed E-state index contributed by atoms with van der Waals surface area (Å²) in [4.78, 5) is 21.4. The van der Waals surface area contributed by atoms with Gasteiger partial charge in [-0.3, -0.25) is 14.8 Å². The van der Waals surface area contributed by atoms with Gasteiger partial charge in [0.05, 0.1) is 7.11 Å². The second kappa shape index (κ2) is 7.19. The topological polar surface area (TPSA) is 51.5 Å². The van der Waals surface area contributed by atoms with Crippen LogP contribution < -0.4 is 0 Å². The smallest absolute Gasteiger partial charge is 0.315 e. The van der Waals surface area contributed by atoms with Crippen molar-refractivity contribution in [2.45, 2.75) is 19.8 Å². The Kier molecular flexibility index (Phi) is 5.00. The summed E-state index contributed by atoms with van der Waals surface area (Å²) in [5.74, 6) is -1.03. The third kappa shape index (κ3) is 3.35. The number of hydrogen-bond acceptors (Lipinski definition) is 4. The number of ether oxygens (including phenoxy) is 1. The van der Waals surface area contributed by atoms with E-state index in [1.165, 1.54) is 7.11 Å². The van der Waals surface area contributed by atoms with Crippen molar-refractivity contribution in [2.75, 3.05) is 7.11 Å². The van der Waals surface area contributed by atoms with E-state index in [2.05, 4.69) is 9.98 Å². The monoisotopic (exact) mass is 354 g/mol. The molecule has 2 aromatic rings. The minimum absolute atomic E-state index is 0.229. The number of nitrogens with zero attached hydrogens (tertiary/aromatic N) is 2. The van der Waals surface area contributed by atoms with E-state index in [9.17, 15) is 4.79 Å². The highest BCUT2D eigenvalue weighted by Crippen LogP contribution is 2.44. The first-order chi connectivity index (χ1) is 12.0. The van der Waals surface area contributed by atoms with Gasteiger partial charge in [0, 0.05) is 34.7 Å². The first-order valence-electron chi connectivity index (χ1n) is 8.02. The Balaban J connectivity index is 2.24. The summed E-state index contributed by atoms with van der Waals surface area (Å²) in [6, 6.07) is 11.4. The zero-order valence-corrected chi connectivity index (χ0v) is 15.1. The fourth-order valence-corrected chi connectivity index (χ4v) is 3.63. The minimum atomic E-state index is -0.498. The highest BCUT2D eigenvalue weighted by Gasteiger charge is 2.39. The normalized spacial score (nSPS) is 20.2. The van der Waals surface area contributed by atoms with Gasteiger partial charge in [0.15, 0.2) is 0 Å². The van der Waals surface area contributed by atoms with Crippen LogP contribution in [0.2, 0.25) is 5.02 Å². The minimum Gasteiger partial charge on any atom is -0.468 e. The molecule has 2 unspecified atom stereocenters. The van der Waals surface area contributed by atoms with Gasteiger partial charge in [-0.2, -0.15) is 0 Å². The first-order valence-corrected chi connectivity index (χ1v) is 8.40. The summed E-state index contributed by atoms with van der Waals surface area (Å²) in [6.07, 6.45) is 3.52. The van der Waals surface area contributed by atoms with Crippen LogP contribution in [0.15, 0.2) is 59.5 Å². The summed E-state index contributed by atoms with van der Waals surface area (Å²) in [7, 11) is 1.40. The zero-order chi connectivity index (χ0) is 18.0. The van der Waals surface area contributed by atoms with Crippen molar-refractivity contribution in [1.29, 1.82) is 0 Å². The standard InChI is InChI=1S/C20H19ClN2O2/c1-12-17(15-7-5-9-22-11-15)19(14-6-4-8-16(21)10-14)18(13(2)23-12)20(24)25-3/h4-11,18-19H,1-3H3. The van der Waals surface area contributed by atoms with Gasteiger partial charge in [-0.25, -0.2) is 0 Å². The second-order valence-corrected chi connectivity index (χ2v) is 6.46. The lowest BCUT2D eigenvalue weighted by Gasteiger charge is -2.32. The number of rotatable bonds is 3. The number of aromatic nitrogens is 1. The van der Waals surface area contributed by atoms with E-state index in [1.807, 2.05) is 50.2 Å². The highest BCUT2D eigenvalue weighted by molar-refractivity contribution is 6.30. The molecule has 1 aromatic heterocycles. The number of carbonyl (C=O) groups is 1. The molecule has 0 aliphatic carbocycles. The zero-order valence-electron chi connectivity index (χ0n) is 14.4. The fourth-order valence-electron chi connectivity index (χ4n) is 3.43. The van der Waals surface area contributed by atoms with E-state index < -0.39 is 5.92 Å². The van der Waals surface area contributed by atoms with Crippen molar-refractivity contribution < 1.29 is 9.53 Å². The van der Waals surface area contributed by atoms with E-state index in [1.54, 1.807) is 12.4 Å². The molecule has 0 spiro atoms. The lowest BCUT2D eigenvalue weighted by atomic mass is 9.74. The van der Waals surface area contributed by atoms with E-state index in [4.69, 9.17) is 16.3 Å². The van der Waals surface area contributed by atoms with Gasteiger partial charge in [0.1, 0.15) is 5.92 Å². The molecule has 1 aliphatic heterocycles. The Morgan fingerprint density at radius 1 is 1.20 bits per heavy atom. The number of esters is 1. The van der Waals surface area contributed by atoms with Crippen molar-refractivity contribution in [3.63, 3.8) is 0 Å². The maximum absolute atomic E-state index is 12.6. The molecule has 0 bridgehead atoms. The average molecular weight is 355 g/mol. The third-order valence-electron chi connectivity index (χ3n) is 4.46. The molecule has 3 rings (SSSR count). The maximum atomic E-state index is 12.6. The van der Waals surface area contributed by atoms with E-state index in [0.29, 0.717) is 5.02 Å². The molecular formula is C20H19ClN2O2. The predicted molar refractivity (Wildman–Crippen MR) is 99.6 cm³/mol. The Bertz CT molecular complexity index is 859. The summed E-state index contributed by atoms with van der Waals surface area (Å²) in [5.41, 5.74) is 4.47. The molecule has 1 aromatic carbocycles. The van der Waals surface area contributed by atoms with Gasteiger partial charge in [-0.05, 0) is 48.7 Å². The van der Waals surface area contributed by atoms with Crippen molar-refractivity contribution >= 4 is 28.9 Å². The van der Waals surface area contributed by atoms with Gasteiger partial charge in [-0.15, -0.1) is 0 Å². The number of aliphatic imine (C=N–C) groups is 1. The number of allylic oxidation sites excluding steroid dienone is 2. The number of carbonyl (C=O) groups excluding carboxylic acids is 1. The van der Waals surface area contributed by atoms with Gasteiger partial charge in [0.25, 0.3) is 0 Å². The highest BCUT2D eigenvalue weighted by atomic mass is 35.5. The first kappa shape index (κ1) is 17.4. The van der Waals surface area contributed by atoms with Crippen LogP contribution in [-0.2, 0) is 9.53 Å². The molecule has 25 heavy (non-hydrogen) atoms. The van der Waals surface area contributed by atoms with Gasteiger partial charge < -0.3 is 4.74 Å². The van der Waals surface area contributed by atoms with Crippen LogP contribution in [0.3, 0.4) is 0 Å². The number of benzene rings is 1. The maximum Gasteiger partial charge on any atom is 0.315 e. The van der Waals surface area contributed by atoms with Crippen LogP contribution in [0, 0.1) is 5.92 Å². The average Bonchev–Trinajstić information content (AvgIpc) is 2.61. The Hall–Kier alpha value is -2.46. The predicted octanol–water partition coefficient (Wildman–Crippen LogP) is 4.51. The van der Waals surface area contributed by atoms with E-state index in [0.717, 1.165) is 28.1 Å². The summed E-state index contributed by atoms with van der Waals surface area (Å²) < 4.78 is 5.07. The van der Waals surface area contributed by atoms with Crippen LogP contribution in [0.1, 0.15) is 30.9 Å². The van der Waals surface area contributed by atoms with Crippen LogP contribution in [-0.4, -0.2) is 23.8 Å². The third-order valence-corrected chi connectivity index (χ3v) is 4.70. The second-order valence-electron chi connectivity index (χ2n) is 6.03. The quantitative estimate of drug-likeness (QED) is 0.762. The van der Waals surface area contributed by atoms with Crippen molar-refractivity contribution in [1.82, 2.24) is 4.98 Å². The molecule has 4 nitrogen and oxygen atoms in total. The van der Waals surface area contributed by atoms with E-state index >= 15 is 0 Å². The lowest BCUT2D eigenvalue weighted by molar-refractivity contribution is -0.143. The fraction of sp³-hybridized carbons (Fsp3) is 0.250. The molecule has 2 atom stereocenters. The summed E-state index contributed by atoms with van der Waals surface area (Å²) in [6.45, 7) is 3.82. The van der Waals surface area contributed by atoms with Gasteiger partial charge >= 0.3 is 5.97 Å². The van der Waals surface area contributed by atoms with Crippen LogP contribution in [0.4, 0.5) is 0 Å². The SMILES string of the molecule is COC(=O)C1C(C)=NC(C)=C(c2cccnc2)C1c1cccc(Cl)c1. The van der Waals surface area contributed by atoms with Gasteiger partial charge in [0.2, 0.25) is 0 Å². The molecule has 2 heterocycles. The summed E-state index contributed by atoms with van der Waals surface area (Å²) >= 11 is 6.22. The molecular weight excluding hydrogens is 336 g/mol. The van der Waals surface area contributed by atoms with Crippen LogP contribution >= 0.6 is 11.6 Å². The Morgan fingerprint density at radius 2 is 2.00 bits per heavy atom. The molecule has 0 N–H and O–H groups in total. The summed E-state index contributed by atoms with van der Waals surface area (Å²) in [5, 5.41) is 0.629. The molecule has 0 saturated heterocycles. The van der Waals surface area contributed by atoms with Crippen LogP contribution in [0.25, 0.3) is 5.57 Å². The van der Waals surface area contributed by atoms with Gasteiger partial charge in [-0.1, -0.05) is 29.8 Å². The molecule has 0 radical (unpaired) electrons. The number of halogens is 1. The van der Waals surface area contributed by atoms with Crippen LogP contribution in [0.5, 0.6) is 0 Å². The van der Waals surface area contributed by atoms with Crippen molar-refractivity contribution in [3.05, 3.63) is 70.6 Å². The number of pyridine rings is 1. The molecule has 128 valence electrons. The number of hydrogen-bond donors (Lipinski definition) is 0. The number of methoxy groups -OCH3 is 1. The Labute approximate surface area is 152 Å². The van der Waals surface area contributed by atoms with Crippen molar-refractivity contribution in [3.8, 4) is 0 Å². The molecule has 0 amide bonds. The molecule has 5 heteroatoms. The molecule has 0 saturated carbocycles. The van der Waals surface area contributed by atoms with Crippen molar-refractivity contribution in [2.24, 2.45) is 10.9 Å². The van der Waals surface area contributed by atoms with E-state index in [-0.39, 0.29) is 11.9 Å². The molecule has 1 aliphatic rings. The largest absolute Gasteiger partial charge is 0.468 e. The molecule has 0 fully saturated rings.